The smallest absolute Gasteiger partial charge is 0.0717 e. The highest BCUT2D eigenvalue weighted by atomic mass is 79.9. The van der Waals surface area contributed by atoms with Crippen molar-refractivity contribution in [3.63, 3.8) is 0 Å². The molecular weight excluding hydrogens is 314 g/mol. The van der Waals surface area contributed by atoms with Crippen LogP contribution < -0.4 is 5.73 Å². The molecule has 0 aliphatic rings. The highest BCUT2D eigenvalue weighted by Gasteiger charge is 2.08. The van der Waals surface area contributed by atoms with Gasteiger partial charge in [-0.25, -0.2) is 0 Å². The van der Waals surface area contributed by atoms with Crippen LogP contribution in [0.25, 0.3) is 0 Å². The van der Waals surface area contributed by atoms with E-state index in [9.17, 15) is 0 Å². The van der Waals surface area contributed by atoms with Crippen molar-refractivity contribution in [2.24, 2.45) is 11.7 Å². The molecule has 3 heteroatoms. The first-order chi connectivity index (χ1) is 9.78. The molecule has 0 aliphatic carbocycles. The van der Waals surface area contributed by atoms with Crippen molar-refractivity contribution >= 4 is 15.9 Å². The third kappa shape index (κ3) is 5.08. The summed E-state index contributed by atoms with van der Waals surface area (Å²) in [6.07, 6.45) is 0.949. The summed E-state index contributed by atoms with van der Waals surface area (Å²) in [6, 6.07) is 18.6. The summed E-state index contributed by atoms with van der Waals surface area (Å²) >= 11 is 3.49. The van der Waals surface area contributed by atoms with Gasteiger partial charge in [0.25, 0.3) is 0 Å². The van der Waals surface area contributed by atoms with E-state index in [2.05, 4.69) is 46.3 Å². The summed E-state index contributed by atoms with van der Waals surface area (Å²) in [7, 11) is 0. The minimum absolute atomic E-state index is 0.355. The van der Waals surface area contributed by atoms with E-state index in [0.29, 0.717) is 25.7 Å². The van der Waals surface area contributed by atoms with Gasteiger partial charge in [-0.05, 0) is 42.1 Å². The lowest BCUT2D eigenvalue weighted by atomic mass is 10.0. The van der Waals surface area contributed by atoms with E-state index in [-0.39, 0.29) is 0 Å². The SMILES string of the molecule is NCC(COCc1ccccc1)Cc1cccc(Br)c1. The molecule has 0 saturated heterocycles. The molecule has 0 heterocycles. The largest absolute Gasteiger partial charge is 0.376 e. The monoisotopic (exact) mass is 333 g/mol. The molecule has 2 rings (SSSR count). The maximum absolute atomic E-state index is 5.85. The van der Waals surface area contributed by atoms with E-state index in [1.54, 1.807) is 0 Å². The highest BCUT2D eigenvalue weighted by Crippen LogP contribution is 2.15. The first-order valence-electron chi connectivity index (χ1n) is 6.84. The van der Waals surface area contributed by atoms with E-state index in [1.807, 2.05) is 24.3 Å². The molecule has 0 radical (unpaired) electrons. The summed E-state index contributed by atoms with van der Waals surface area (Å²) in [5.74, 6) is 0.355. The van der Waals surface area contributed by atoms with Crippen LogP contribution >= 0.6 is 15.9 Å². The Bertz CT molecular complexity index is 515. The zero-order chi connectivity index (χ0) is 14.2. The van der Waals surface area contributed by atoms with E-state index in [1.165, 1.54) is 11.1 Å². The third-order valence-corrected chi connectivity index (χ3v) is 3.71. The molecule has 0 saturated carbocycles. The van der Waals surface area contributed by atoms with Gasteiger partial charge in [0.15, 0.2) is 0 Å². The summed E-state index contributed by atoms with van der Waals surface area (Å²) in [5, 5.41) is 0. The number of benzene rings is 2. The fourth-order valence-corrected chi connectivity index (χ4v) is 2.57. The number of hydrogen-bond acceptors (Lipinski definition) is 2. The van der Waals surface area contributed by atoms with Gasteiger partial charge in [-0.15, -0.1) is 0 Å². The Morgan fingerprint density at radius 2 is 1.75 bits per heavy atom. The van der Waals surface area contributed by atoms with Gasteiger partial charge >= 0.3 is 0 Å². The predicted molar refractivity (Wildman–Crippen MR) is 86.5 cm³/mol. The minimum Gasteiger partial charge on any atom is -0.376 e. The van der Waals surface area contributed by atoms with Gasteiger partial charge in [-0.2, -0.15) is 0 Å². The van der Waals surface area contributed by atoms with Crippen molar-refractivity contribution in [1.29, 1.82) is 0 Å². The molecule has 2 aromatic rings. The van der Waals surface area contributed by atoms with Crippen LogP contribution in [-0.4, -0.2) is 13.2 Å². The molecule has 1 atom stereocenters. The van der Waals surface area contributed by atoms with E-state index >= 15 is 0 Å². The Labute approximate surface area is 129 Å². The minimum atomic E-state index is 0.355. The van der Waals surface area contributed by atoms with Gasteiger partial charge in [-0.3, -0.25) is 0 Å². The Morgan fingerprint density at radius 3 is 2.45 bits per heavy atom. The second-order valence-corrected chi connectivity index (χ2v) is 5.85. The Balaban J connectivity index is 1.80. The van der Waals surface area contributed by atoms with Crippen molar-refractivity contribution in [2.75, 3.05) is 13.2 Å². The van der Waals surface area contributed by atoms with Gasteiger partial charge in [0.1, 0.15) is 0 Å². The number of ether oxygens (including phenoxy) is 1. The van der Waals surface area contributed by atoms with E-state index in [0.717, 1.165) is 10.9 Å². The molecule has 2 N–H and O–H groups in total. The van der Waals surface area contributed by atoms with Gasteiger partial charge in [0.05, 0.1) is 13.2 Å². The highest BCUT2D eigenvalue weighted by molar-refractivity contribution is 9.10. The summed E-state index contributed by atoms with van der Waals surface area (Å²) < 4.78 is 6.89. The molecule has 1 unspecified atom stereocenters. The predicted octanol–water partition coefficient (Wildman–Crippen LogP) is 3.78. The Morgan fingerprint density at radius 1 is 1.00 bits per heavy atom. The molecule has 0 amide bonds. The average Bonchev–Trinajstić information content (AvgIpc) is 2.47. The number of hydrogen-bond donors (Lipinski definition) is 1. The van der Waals surface area contributed by atoms with Crippen molar-refractivity contribution in [3.8, 4) is 0 Å². The fraction of sp³-hybridized carbons (Fsp3) is 0.294. The lowest BCUT2D eigenvalue weighted by molar-refractivity contribution is 0.0892. The zero-order valence-corrected chi connectivity index (χ0v) is 13.1. The van der Waals surface area contributed by atoms with Crippen LogP contribution in [0.3, 0.4) is 0 Å². The molecule has 2 aromatic carbocycles. The molecule has 0 aliphatic heterocycles. The van der Waals surface area contributed by atoms with Crippen LogP contribution in [0.2, 0.25) is 0 Å². The molecule has 0 fully saturated rings. The molecular formula is C17H20BrNO. The normalized spacial score (nSPS) is 12.3. The van der Waals surface area contributed by atoms with E-state index in [4.69, 9.17) is 10.5 Å². The molecule has 0 bridgehead atoms. The molecule has 0 spiro atoms. The maximum Gasteiger partial charge on any atom is 0.0717 e. The lowest BCUT2D eigenvalue weighted by Gasteiger charge is -2.15. The van der Waals surface area contributed by atoms with Crippen LogP contribution in [0.5, 0.6) is 0 Å². The topological polar surface area (TPSA) is 35.2 Å². The lowest BCUT2D eigenvalue weighted by Crippen LogP contribution is -2.22. The van der Waals surface area contributed by atoms with E-state index < -0.39 is 0 Å². The van der Waals surface area contributed by atoms with Gasteiger partial charge in [-0.1, -0.05) is 58.4 Å². The second-order valence-electron chi connectivity index (χ2n) is 4.94. The molecule has 0 aromatic heterocycles. The van der Waals surface area contributed by atoms with Gasteiger partial charge < -0.3 is 10.5 Å². The zero-order valence-electron chi connectivity index (χ0n) is 11.5. The van der Waals surface area contributed by atoms with Crippen LogP contribution in [0.15, 0.2) is 59.1 Å². The van der Waals surface area contributed by atoms with Crippen LogP contribution in [0.4, 0.5) is 0 Å². The molecule has 2 nitrogen and oxygen atoms in total. The maximum atomic E-state index is 5.85. The molecule has 20 heavy (non-hydrogen) atoms. The first kappa shape index (κ1) is 15.2. The van der Waals surface area contributed by atoms with Crippen molar-refractivity contribution in [2.45, 2.75) is 13.0 Å². The number of halogens is 1. The quantitative estimate of drug-likeness (QED) is 0.836. The summed E-state index contributed by atoms with van der Waals surface area (Å²) in [5.41, 5.74) is 8.34. The van der Waals surface area contributed by atoms with Crippen molar-refractivity contribution in [3.05, 3.63) is 70.2 Å². The van der Waals surface area contributed by atoms with Crippen LogP contribution in [0, 0.1) is 5.92 Å². The van der Waals surface area contributed by atoms with Gasteiger partial charge in [0.2, 0.25) is 0 Å². The summed E-state index contributed by atoms with van der Waals surface area (Å²) in [4.78, 5) is 0. The second kappa shape index (κ2) is 8.20. The van der Waals surface area contributed by atoms with Crippen molar-refractivity contribution in [1.82, 2.24) is 0 Å². The number of nitrogens with two attached hydrogens (primary N) is 1. The number of rotatable bonds is 7. The average molecular weight is 334 g/mol. The van der Waals surface area contributed by atoms with Crippen LogP contribution in [0.1, 0.15) is 11.1 Å². The first-order valence-corrected chi connectivity index (χ1v) is 7.63. The molecule has 106 valence electrons. The van der Waals surface area contributed by atoms with Gasteiger partial charge in [0, 0.05) is 4.47 Å². The third-order valence-electron chi connectivity index (χ3n) is 3.21. The Kier molecular flexibility index (Phi) is 6.25. The standard InChI is InChI=1S/C17H20BrNO/c18-17-8-4-7-15(10-17)9-16(11-19)13-20-12-14-5-2-1-3-6-14/h1-8,10,16H,9,11-13,19H2. The summed E-state index contributed by atoms with van der Waals surface area (Å²) in [6.45, 7) is 1.98. The van der Waals surface area contributed by atoms with Crippen LogP contribution in [-0.2, 0) is 17.8 Å². The fourth-order valence-electron chi connectivity index (χ4n) is 2.13. The Hall–Kier alpha value is -1.16. The van der Waals surface area contributed by atoms with Crippen molar-refractivity contribution < 1.29 is 4.74 Å².